The fourth-order valence-corrected chi connectivity index (χ4v) is 0.302. The lowest BCUT2D eigenvalue weighted by molar-refractivity contribution is 0.154. The Kier molecular flexibility index (Phi) is 4.63. The molecule has 0 aliphatic rings. The summed E-state index contributed by atoms with van der Waals surface area (Å²) in [6.07, 6.45) is -1.83. The van der Waals surface area contributed by atoms with Crippen LogP contribution in [0.25, 0.3) is 0 Å². The molecule has 0 radical (unpaired) electrons. The Labute approximate surface area is 62.9 Å². The van der Waals surface area contributed by atoms with Gasteiger partial charge in [-0.25, -0.2) is 9.59 Å². The Morgan fingerprint density at radius 1 is 1.45 bits per heavy atom. The van der Waals surface area contributed by atoms with E-state index in [1.807, 2.05) is 6.92 Å². The number of carbonyl (C=O) groups excluding carboxylic acids is 1. The molecule has 0 rings (SSSR count). The van der Waals surface area contributed by atoms with Crippen molar-refractivity contribution < 1.29 is 19.4 Å². The summed E-state index contributed by atoms with van der Waals surface area (Å²) in [5.41, 5.74) is 0. The molecule has 6 heteroatoms. The summed E-state index contributed by atoms with van der Waals surface area (Å²) in [6.45, 7) is 2.03. The largest absolute Gasteiger partial charge is 0.462 e. The van der Waals surface area contributed by atoms with Gasteiger partial charge >= 0.3 is 12.2 Å². The normalized spacial score (nSPS) is 9.91. The highest BCUT2D eigenvalue weighted by Crippen LogP contribution is 1.87. The number of hydrogen-bond donors (Lipinski definition) is 1. The predicted octanol–water partition coefficient (Wildman–Crippen LogP) is 1.66. The van der Waals surface area contributed by atoms with Gasteiger partial charge in [0.2, 0.25) is 0 Å². The van der Waals surface area contributed by atoms with E-state index in [0.29, 0.717) is 6.42 Å². The highest BCUT2D eigenvalue weighted by molar-refractivity contribution is 5.71. The second-order valence-electron chi connectivity index (χ2n) is 1.60. The summed E-state index contributed by atoms with van der Waals surface area (Å²) in [4.78, 5) is 20.1. The van der Waals surface area contributed by atoms with Crippen LogP contribution in [0.15, 0.2) is 10.2 Å². The van der Waals surface area contributed by atoms with E-state index in [1.165, 1.54) is 0 Å². The maximum Gasteiger partial charge on any atom is 0.452 e. The second-order valence-corrected chi connectivity index (χ2v) is 1.60. The Morgan fingerprint density at radius 2 is 2.09 bits per heavy atom. The van der Waals surface area contributed by atoms with Crippen molar-refractivity contribution in [1.82, 2.24) is 0 Å². The minimum atomic E-state index is -1.52. The van der Waals surface area contributed by atoms with E-state index in [-0.39, 0.29) is 6.61 Å². The molecule has 0 heterocycles. The fraction of sp³-hybridized carbons (Fsp3) is 0.600. The van der Waals surface area contributed by atoms with Gasteiger partial charge in [-0.2, -0.15) is 0 Å². The van der Waals surface area contributed by atoms with Crippen molar-refractivity contribution >= 4 is 12.2 Å². The van der Waals surface area contributed by atoms with Gasteiger partial charge in [0.1, 0.15) is 0 Å². The smallest absolute Gasteiger partial charge is 0.452 e. The van der Waals surface area contributed by atoms with Crippen molar-refractivity contribution in [3.8, 4) is 0 Å². The van der Waals surface area contributed by atoms with Crippen LogP contribution in [0.3, 0.4) is 0 Å². The van der Waals surface area contributed by atoms with Crippen LogP contribution in [0.5, 0.6) is 0 Å². The van der Waals surface area contributed by atoms with Crippen molar-refractivity contribution in [2.24, 2.45) is 10.2 Å². The van der Waals surface area contributed by atoms with Gasteiger partial charge in [0, 0.05) is 0 Å². The number of rotatable bonds is 2. The topological polar surface area (TPSA) is 88.3 Å². The Bertz CT molecular complexity index is 177. The summed E-state index contributed by atoms with van der Waals surface area (Å²) in [7, 11) is 0. The lowest BCUT2D eigenvalue weighted by atomic mass is 10.5. The lowest BCUT2D eigenvalue weighted by Crippen LogP contribution is -1.99. The molecule has 0 aliphatic carbocycles. The number of carboxylic acid groups (broad SMARTS) is 1. The molecule has 0 fully saturated rings. The van der Waals surface area contributed by atoms with Crippen molar-refractivity contribution in [1.29, 1.82) is 0 Å². The van der Waals surface area contributed by atoms with Crippen LogP contribution < -0.4 is 0 Å². The van der Waals surface area contributed by atoms with Crippen LogP contribution in [-0.2, 0) is 4.74 Å². The summed E-state index contributed by atoms with van der Waals surface area (Å²) in [6, 6.07) is 0. The molecule has 0 spiro atoms. The number of hydrogen-bond acceptors (Lipinski definition) is 3. The minimum Gasteiger partial charge on any atom is -0.462 e. The number of azo groups is 1. The maximum atomic E-state index is 10.4. The number of carbonyl (C=O) groups is 2. The fourth-order valence-electron chi connectivity index (χ4n) is 0.302. The minimum absolute atomic E-state index is 0.220. The molecule has 0 saturated heterocycles. The highest BCUT2D eigenvalue weighted by Gasteiger charge is 1.98. The van der Waals surface area contributed by atoms with Crippen molar-refractivity contribution in [2.45, 2.75) is 13.3 Å². The van der Waals surface area contributed by atoms with Gasteiger partial charge in [-0.3, -0.25) is 0 Å². The molecule has 62 valence electrons. The van der Waals surface area contributed by atoms with Crippen molar-refractivity contribution in [3.63, 3.8) is 0 Å². The molecule has 0 atom stereocenters. The van der Waals surface area contributed by atoms with E-state index in [0.717, 1.165) is 0 Å². The zero-order valence-corrected chi connectivity index (χ0v) is 5.98. The zero-order valence-electron chi connectivity index (χ0n) is 5.98. The average molecular weight is 160 g/mol. The number of nitrogens with zero attached hydrogens (tertiary/aromatic N) is 2. The third-order valence-corrected chi connectivity index (χ3v) is 0.647. The maximum absolute atomic E-state index is 10.4. The van der Waals surface area contributed by atoms with Gasteiger partial charge < -0.3 is 9.84 Å². The Balaban J connectivity index is 3.60. The average Bonchev–Trinajstić information content (AvgIpc) is 1.97. The molecule has 6 nitrogen and oxygen atoms in total. The van der Waals surface area contributed by atoms with Gasteiger partial charge in [0.15, 0.2) is 0 Å². The summed E-state index contributed by atoms with van der Waals surface area (Å²) in [5, 5.41) is 13.2. The van der Waals surface area contributed by atoms with E-state index >= 15 is 0 Å². The molecular weight excluding hydrogens is 152 g/mol. The van der Waals surface area contributed by atoms with Crippen molar-refractivity contribution in [3.05, 3.63) is 0 Å². The third kappa shape index (κ3) is 6.42. The van der Waals surface area contributed by atoms with Gasteiger partial charge in [0.25, 0.3) is 0 Å². The molecule has 0 aromatic heterocycles. The quantitative estimate of drug-likeness (QED) is 0.622. The number of amides is 2. The van der Waals surface area contributed by atoms with Crippen LogP contribution in [-0.4, -0.2) is 23.9 Å². The first-order valence-electron chi connectivity index (χ1n) is 2.98. The Hall–Kier alpha value is -1.46. The van der Waals surface area contributed by atoms with Crippen LogP contribution >= 0.6 is 0 Å². The van der Waals surface area contributed by atoms with E-state index in [2.05, 4.69) is 15.0 Å². The summed E-state index contributed by atoms with van der Waals surface area (Å²) >= 11 is 0. The molecular formula is C5H8N2O4. The molecule has 0 aromatic rings. The monoisotopic (exact) mass is 160 g/mol. The summed E-state index contributed by atoms with van der Waals surface area (Å²) in [5.74, 6) is 0. The molecule has 0 unspecified atom stereocenters. The predicted molar refractivity (Wildman–Crippen MR) is 34.5 cm³/mol. The molecule has 2 amide bonds. The van der Waals surface area contributed by atoms with Gasteiger partial charge in [-0.05, 0) is 6.42 Å². The van der Waals surface area contributed by atoms with E-state index < -0.39 is 12.2 Å². The first-order valence-corrected chi connectivity index (χ1v) is 2.98. The van der Waals surface area contributed by atoms with Crippen LogP contribution in [0.2, 0.25) is 0 Å². The molecule has 0 aliphatic heterocycles. The zero-order chi connectivity index (χ0) is 8.69. The summed E-state index contributed by atoms with van der Waals surface area (Å²) < 4.78 is 4.38. The van der Waals surface area contributed by atoms with Gasteiger partial charge in [0.05, 0.1) is 6.61 Å². The van der Waals surface area contributed by atoms with Crippen LogP contribution in [0.1, 0.15) is 13.3 Å². The second kappa shape index (κ2) is 5.33. The molecule has 0 bridgehead atoms. The first kappa shape index (κ1) is 9.54. The lowest BCUT2D eigenvalue weighted by Gasteiger charge is -1.93. The number of ether oxygens (including phenoxy) is 1. The van der Waals surface area contributed by atoms with E-state index in [4.69, 9.17) is 5.11 Å². The standard InChI is InChI=1S/C5H8N2O4/c1-2-3-11-5(10)7-6-4(8)9/h2-3H2,1H3,(H,8,9). The molecule has 0 aromatic carbocycles. The van der Waals surface area contributed by atoms with Crippen molar-refractivity contribution in [2.75, 3.05) is 6.61 Å². The molecule has 11 heavy (non-hydrogen) atoms. The van der Waals surface area contributed by atoms with Gasteiger partial charge in [-0.15, -0.1) is 0 Å². The first-order chi connectivity index (χ1) is 5.16. The Morgan fingerprint density at radius 3 is 2.55 bits per heavy atom. The molecule has 0 saturated carbocycles. The highest BCUT2D eigenvalue weighted by atomic mass is 16.5. The van der Waals surface area contributed by atoms with E-state index in [1.54, 1.807) is 0 Å². The van der Waals surface area contributed by atoms with E-state index in [9.17, 15) is 9.59 Å². The van der Waals surface area contributed by atoms with Crippen LogP contribution in [0, 0.1) is 0 Å². The third-order valence-electron chi connectivity index (χ3n) is 0.647. The van der Waals surface area contributed by atoms with Crippen LogP contribution in [0.4, 0.5) is 9.59 Å². The van der Waals surface area contributed by atoms with Gasteiger partial charge in [-0.1, -0.05) is 17.2 Å². The molecule has 1 N–H and O–H groups in total. The SMILES string of the molecule is CCCOC(=O)N=NC(=O)O.